The van der Waals surface area contributed by atoms with Crippen LogP contribution in [0.15, 0.2) is 0 Å². The Morgan fingerprint density at radius 3 is 2.31 bits per heavy atom. The van der Waals surface area contributed by atoms with Gasteiger partial charge in [-0.15, -0.1) is 0 Å². The van der Waals surface area contributed by atoms with Crippen LogP contribution >= 0.6 is 0 Å². The van der Waals surface area contributed by atoms with Crippen LogP contribution in [0.3, 0.4) is 0 Å². The molecule has 80 valence electrons. The summed E-state index contributed by atoms with van der Waals surface area (Å²) in [6, 6.07) is 0. The molecule has 0 aromatic carbocycles. The normalized spacial score (nSPS) is 15.7. The lowest BCUT2D eigenvalue weighted by Gasteiger charge is -2.22. The second-order valence-electron chi connectivity index (χ2n) is 3.45. The van der Waals surface area contributed by atoms with Gasteiger partial charge >= 0.3 is 0 Å². The largest absolute Gasteiger partial charge is 0.316 e. The Kier molecular flexibility index (Phi) is 8.40. The highest BCUT2D eigenvalue weighted by atomic mass is 15.2. The summed E-state index contributed by atoms with van der Waals surface area (Å²) in [5, 5.41) is 6.79. The third kappa shape index (κ3) is 6.99. The molecule has 0 spiro atoms. The minimum atomic E-state index is 0.124. The van der Waals surface area contributed by atoms with Crippen molar-refractivity contribution in [2.75, 3.05) is 6.54 Å². The molecule has 0 radical (unpaired) electrons. The Morgan fingerprint density at radius 1 is 1.15 bits per heavy atom. The highest BCUT2D eigenvalue weighted by molar-refractivity contribution is 4.66. The molecule has 4 N–H and O–H groups in total. The summed E-state index contributed by atoms with van der Waals surface area (Å²) < 4.78 is 0. The summed E-state index contributed by atoms with van der Waals surface area (Å²) in [4.78, 5) is 0. The fourth-order valence-corrected chi connectivity index (χ4v) is 1.15. The molecule has 0 aliphatic heterocycles. The van der Waals surface area contributed by atoms with Crippen molar-refractivity contribution >= 4 is 0 Å². The molecule has 0 heterocycles. The van der Waals surface area contributed by atoms with Gasteiger partial charge in [0, 0.05) is 0 Å². The minimum Gasteiger partial charge on any atom is -0.316 e. The summed E-state index contributed by atoms with van der Waals surface area (Å²) in [6.07, 6.45) is 5.03. The number of unbranched alkanes of at least 4 members (excludes halogenated alkanes) is 1. The molecule has 2 atom stereocenters. The van der Waals surface area contributed by atoms with Gasteiger partial charge in [0.1, 0.15) is 0 Å². The summed E-state index contributed by atoms with van der Waals surface area (Å²) >= 11 is 0. The second-order valence-corrected chi connectivity index (χ2v) is 3.45. The zero-order valence-electron chi connectivity index (χ0n) is 9.27. The molecule has 13 heavy (non-hydrogen) atoms. The molecule has 0 amide bonds. The molecule has 2 unspecified atom stereocenters. The Balaban J connectivity index is 3.50. The monoisotopic (exact) mass is 187 g/mol. The van der Waals surface area contributed by atoms with E-state index in [1.807, 2.05) is 0 Å². The molecular weight excluding hydrogens is 162 g/mol. The van der Waals surface area contributed by atoms with Gasteiger partial charge < -0.3 is 11.1 Å². The lowest BCUT2D eigenvalue weighted by atomic mass is 10.3. The Hall–Kier alpha value is -0.120. The van der Waals surface area contributed by atoms with Crippen molar-refractivity contribution in [2.45, 2.75) is 58.8 Å². The first kappa shape index (κ1) is 12.9. The van der Waals surface area contributed by atoms with E-state index in [0.29, 0.717) is 6.17 Å². The van der Waals surface area contributed by atoms with E-state index in [4.69, 9.17) is 5.73 Å². The standard InChI is InChI=1S/C10H25N3/c1-4-7-8-12-10(6-3)13-9(11)5-2/h9-10,12-13H,4-8,11H2,1-3H3. The van der Waals surface area contributed by atoms with E-state index in [1.165, 1.54) is 12.8 Å². The summed E-state index contributed by atoms with van der Waals surface area (Å²) in [5.41, 5.74) is 5.80. The molecule has 0 bridgehead atoms. The van der Waals surface area contributed by atoms with Crippen molar-refractivity contribution in [3.8, 4) is 0 Å². The molecule has 0 saturated carbocycles. The molecule has 3 nitrogen and oxygen atoms in total. The molecule has 0 fully saturated rings. The van der Waals surface area contributed by atoms with Crippen molar-refractivity contribution in [2.24, 2.45) is 5.73 Å². The molecule has 0 aliphatic carbocycles. The Morgan fingerprint density at radius 2 is 1.85 bits per heavy atom. The van der Waals surface area contributed by atoms with Crippen molar-refractivity contribution in [3.63, 3.8) is 0 Å². The van der Waals surface area contributed by atoms with Gasteiger partial charge in [-0.1, -0.05) is 27.2 Å². The van der Waals surface area contributed by atoms with Crippen LogP contribution in [-0.4, -0.2) is 18.9 Å². The maximum atomic E-state index is 5.80. The van der Waals surface area contributed by atoms with E-state index in [2.05, 4.69) is 31.4 Å². The van der Waals surface area contributed by atoms with Gasteiger partial charge in [0.05, 0.1) is 12.3 Å². The van der Waals surface area contributed by atoms with Gasteiger partial charge in [-0.2, -0.15) is 0 Å². The molecular formula is C10H25N3. The predicted octanol–water partition coefficient (Wildman–Crippen LogP) is 1.40. The van der Waals surface area contributed by atoms with Crippen LogP contribution in [0.1, 0.15) is 46.5 Å². The van der Waals surface area contributed by atoms with Crippen LogP contribution in [0.25, 0.3) is 0 Å². The first-order valence-electron chi connectivity index (χ1n) is 5.49. The van der Waals surface area contributed by atoms with Gasteiger partial charge in [-0.05, 0) is 25.8 Å². The average molecular weight is 187 g/mol. The predicted molar refractivity (Wildman–Crippen MR) is 58.4 cm³/mol. The maximum absolute atomic E-state index is 5.80. The maximum Gasteiger partial charge on any atom is 0.0580 e. The van der Waals surface area contributed by atoms with Gasteiger partial charge in [-0.3, -0.25) is 5.32 Å². The first-order chi connectivity index (χ1) is 6.24. The first-order valence-corrected chi connectivity index (χ1v) is 5.49. The van der Waals surface area contributed by atoms with E-state index in [-0.39, 0.29) is 6.17 Å². The number of nitrogens with one attached hydrogen (secondary N) is 2. The number of rotatable bonds is 8. The average Bonchev–Trinajstić information content (AvgIpc) is 2.16. The summed E-state index contributed by atoms with van der Waals surface area (Å²) in [7, 11) is 0. The van der Waals surface area contributed by atoms with E-state index in [0.717, 1.165) is 19.4 Å². The van der Waals surface area contributed by atoms with E-state index in [9.17, 15) is 0 Å². The van der Waals surface area contributed by atoms with Crippen LogP contribution in [0.5, 0.6) is 0 Å². The second kappa shape index (κ2) is 8.48. The van der Waals surface area contributed by atoms with Gasteiger partial charge in [0.25, 0.3) is 0 Å². The van der Waals surface area contributed by atoms with Crippen molar-refractivity contribution < 1.29 is 0 Å². The zero-order valence-corrected chi connectivity index (χ0v) is 9.27. The van der Waals surface area contributed by atoms with Crippen molar-refractivity contribution in [1.29, 1.82) is 0 Å². The topological polar surface area (TPSA) is 50.1 Å². The molecule has 0 rings (SSSR count). The third-order valence-corrected chi connectivity index (χ3v) is 2.18. The van der Waals surface area contributed by atoms with E-state index in [1.54, 1.807) is 0 Å². The third-order valence-electron chi connectivity index (χ3n) is 2.18. The Bertz CT molecular complexity index is 106. The van der Waals surface area contributed by atoms with Crippen LogP contribution in [0.2, 0.25) is 0 Å². The molecule has 0 aliphatic rings. The number of nitrogens with two attached hydrogens (primary N) is 1. The van der Waals surface area contributed by atoms with Crippen LogP contribution < -0.4 is 16.4 Å². The van der Waals surface area contributed by atoms with Crippen LogP contribution in [-0.2, 0) is 0 Å². The fourth-order valence-electron chi connectivity index (χ4n) is 1.15. The molecule has 0 aromatic heterocycles. The van der Waals surface area contributed by atoms with Crippen molar-refractivity contribution in [1.82, 2.24) is 10.6 Å². The Labute approximate surface area is 82.5 Å². The fraction of sp³-hybridized carbons (Fsp3) is 1.00. The van der Waals surface area contributed by atoms with E-state index < -0.39 is 0 Å². The van der Waals surface area contributed by atoms with Gasteiger partial charge in [0.2, 0.25) is 0 Å². The minimum absolute atomic E-state index is 0.124. The van der Waals surface area contributed by atoms with Gasteiger partial charge in [-0.25, -0.2) is 0 Å². The van der Waals surface area contributed by atoms with Gasteiger partial charge in [0.15, 0.2) is 0 Å². The van der Waals surface area contributed by atoms with Crippen molar-refractivity contribution in [3.05, 3.63) is 0 Å². The highest BCUT2D eigenvalue weighted by Crippen LogP contribution is 1.91. The van der Waals surface area contributed by atoms with E-state index >= 15 is 0 Å². The summed E-state index contributed by atoms with van der Waals surface area (Å²) in [6.45, 7) is 7.54. The molecule has 3 heteroatoms. The lowest BCUT2D eigenvalue weighted by Crippen LogP contribution is -2.50. The SMILES string of the molecule is CCCCNC(CC)NC(N)CC. The molecule has 0 aromatic rings. The zero-order chi connectivity index (χ0) is 10.1. The van der Waals surface area contributed by atoms with Crippen LogP contribution in [0, 0.1) is 0 Å². The molecule has 0 saturated heterocycles. The highest BCUT2D eigenvalue weighted by Gasteiger charge is 2.06. The summed E-state index contributed by atoms with van der Waals surface area (Å²) in [5.74, 6) is 0. The quantitative estimate of drug-likeness (QED) is 0.398. The lowest BCUT2D eigenvalue weighted by molar-refractivity contribution is 0.357. The van der Waals surface area contributed by atoms with Crippen LogP contribution in [0.4, 0.5) is 0 Å². The smallest absolute Gasteiger partial charge is 0.0580 e. The number of hydrogen-bond acceptors (Lipinski definition) is 3. The number of hydrogen-bond donors (Lipinski definition) is 3.